The van der Waals surface area contributed by atoms with Crippen molar-refractivity contribution in [3.05, 3.63) is 53.6 Å². The first-order valence-electron chi connectivity index (χ1n) is 8.23. The molecule has 8 nitrogen and oxygen atoms in total. The van der Waals surface area contributed by atoms with Crippen LogP contribution in [0.25, 0.3) is 0 Å². The fraction of sp³-hybridized carbons (Fsp3) is 0.263. The Morgan fingerprint density at radius 1 is 1.04 bits per heavy atom. The topological polar surface area (TPSA) is 136 Å². The van der Waals surface area contributed by atoms with Crippen LogP contribution in [0.2, 0.25) is 0 Å². The van der Waals surface area contributed by atoms with Crippen LogP contribution in [0.1, 0.15) is 22.8 Å². The van der Waals surface area contributed by atoms with Gasteiger partial charge in [0.15, 0.2) is 11.5 Å². The van der Waals surface area contributed by atoms with Crippen LogP contribution in [0.3, 0.4) is 0 Å². The van der Waals surface area contributed by atoms with Gasteiger partial charge in [0.2, 0.25) is 0 Å². The van der Waals surface area contributed by atoms with Crippen molar-refractivity contribution in [1.29, 1.82) is 0 Å². The summed E-state index contributed by atoms with van der Waals surface area (Å²) in [7, 11) is 0. The van der Waals surface area contributed by atoms with E-state index in [-0.39, 0.29) is 35.8 Å². The van der Waals surface area contributed by atoms with E-state index in [2.05, 4.69) is 5.32 Å². The molecule has 0 spiro atoms. The molecule has 1 unspecified atom stereocenters. The molecule has 0 fully saturated rings. The molecule has 0 saturated carbocycles. The SMILES string of the molecule is CC(CN[C@@H](Cc1ccc(O)c(O)c1)C(=O)O)OC(=O)c1ccc(O)cc1. The highest BCUT2D eigenvalue weighted by Gasteiger charge is 2.20. The number of nitrogens with one attached hydrogen (secondary N) is 1. The highest BCUT2D eigenvalue weighted by Crippen LogP contribution is 2.25. The van der Waals surface area contributed by atoms with Crippen molar-refractivity contribution in [2.24, 2.45) is 0 Å². The lowest BCUT2D eigenvalue weighted by molar-refractivity contribution is -0.139. The first-order valence-corrected chi connectivity index (χ1v) is 8.23. The average molecular weight is 375 g/mol. The van der Waals surface area contributed by atoms with E-state index in [0.29, 0.717) is 5.56 Å². The minimum Gasteiger partial charge on any atom is -0.508 e. The molecule has 27 heavy (non-hydrogen) atoms. The number of aromatic hydroxyl groups is 3. The summed E-state index contributed by atoms with van der Waals surface area (Å²) in [5.41, 5.74) is 0.799. The standard InChI is InChI=1S/C19H21NO7/c1-11(27-19(26)13-3-5-14(21)6-4-13)10-20-15(18(24)25)8-12-2-7-16(22)17(23)9-12/h2-7,9,11,15,20-23H,8,10H2,1H3,(H,24,25)/t11?,15-/m0/s1. The minimum absolute atomic E-state index is 0.0332. The average Bonchev–Trinajstić information content (AvgIpc) is 2.61. The molecule has 144 valence electrons. The number of rotatable bonds is 8. The number of carboxylic acids is 1. The molecule has 5 N–H and O–H groups in total. The molecule has 2 rings (SSSR count). The van der Waals surface area contributed by atoms with E-state index in [1.807, 2.05) is 0 Å². The first kappa shape index (κ1) is 20.1. The first-order chi connectivity index (χ1) is 12.8. The molecule has 0 aliphatic rings. The molecule has 0 aliphatic heterocycles. The van der Waals surface area contributed by atoms with E-state index in [0.717, 1.165) is 0 Å². The van der Waals surface area contributed by atoms with Gasteiger partial charge in [-0.15, -0.1) is 0 Å². The Bertz CT molecular complexity index is 804. The summed E-state index contributed by atoms with van der Waals surface area (Å²) in [4.78, 5) is 23.4. The van der Waals surface area contributed by atoms with Gasteiger partial charge in [-0.05, 0) is 55.3 Å². The van der Waals surface area contributed by atoms with E-state index in [9.17, 15) is 30.0 Å². The van der Waals surface area contributed by atoms with Crippen LogP contribution in [0.5, 0.6) is 17.2 Å². The zero-order valence-electron chi connectivity index (χ0n) is 14.6. The number of esters is 1. The quantitative estimate of drug-likeness (QED) is 0.347. The van der Waals surface area contributed by atoms with Gasteiger partial charge in [-0.3, -0.25) is 4.79 Å². The number of benzene rings is 2. The van der Waals surface area contributed by atoms with Crippen molar-refractivity contribution in [1.82, 2.24) is 5.32 Å². The Labute approximate surface area is 155 Å². The molecule has 0 heterocycles. The molecule has 0 bridgehead atoms. The molecule has 0 radical (unpaired) electrons. The van der Waals surface area contributed by atoms with E-state index in [1.165, 1.54) is 42.5 Å². The molecule has 0 aliphatic carbocycles. The fourth-order valence-corrected chi connectivity index (χ4v) is 2.38. The number of ether oxygens (including phenoxy) is 1. The Morgan fingerprint density at radius 3 is 2.30 bits per heavy atom. The van der Waals surface area contributed by atoms with Crippen molar-refractivity contribution in [2.75, 3.05) is 6.54 Å². The highest BCUT2D eigenvalue weighted by atomic mass is 16.5. The van der Waals surface area contributed by atoms with Crippen LogP contribution in [0.15, 0.2) is 42.5 Å². The van der Waals surface area contributed by atoms with Crippen molar-refractivity contribution >= 4 is 11.9 Å². The Hall–Kier alpha value is -3.26. The Kier molecular flexibility index (Phi) is 6.62. The van der Waals surface area contributed by atoms with Crippen molar-refractivity contribution in [2.45, 2.75) is 25.5 Å². The lowest BCUT2D eigenvalue weighted by atomic mass is 10.1. The Morgan fingerprint density at radius 2 is 1.70 bits per heavy atom. The number of carboxylic acid groups (broad SMARTS) is 1. The van der Waals surface area contributed by atoms with Crippen LogP contribution in [-0.2, 0) is 16.0 Å². The van der Waals surface area contributed by atoms with Gasteiger partial charge in [0.1, 0.15) is 17.9 Å². The molecule has 0 amide bonds. The van der Waals surface area contributed by atoms with Gasteiger partial charge < -0.3 is 30.5 Å². The molecular weight excluding hydrogens is 354 g/mol. The second-order valence-corrected chi connectivity index (χ2v) is 6.09. The van der Waals surface area contributed by atoms with E-state index in [4.69, 9.17) is 4.74 Å². The highest BCUT2D eigenvalue weighted by molar-refractivity contribution is 5.89. The molecule has 2 aromatic carbocycles. The molecule has 2 atom stereocenters. The smallest absolute Gasteiger partial charge is 0.338 e. The number of carbonyl (C=O) groups excluding carboxylic acids is 1. The van der Waals surface area contributed by atoms with E-state index in [1.54, 1.807) is 6.92 Å². The van der Waals surface area contributed by atoms with Crippen molar-refractivity contribution in [3.63, 3.8) is 0 Å². The number of aliphatic carboxylic acids is 1. The van der Waals surface area contributed by atoms with Crippen LogP contribution in [-0.4, -0.2) is 51.1 Å². The van der Waals surface area contributed by atoms with Gasteiger partial charge >= 0.3 is 11.9 Å². The van der Waals surface area contributed by atoms with Gasteiger partial charge in [-0.2, -0.15) is 0 Å². The van der Waals surface area contributed by atoms with Crippen molar-refractivity contribution in [3.8, 4) is 17.2 Å². The number of phenolic OH excluding ortho intramolecular Hbond substituents is 3. The van der Waals surface area contributed by atoms with Gasteiger partial charge in [-0.25, -0.2) is 4.79 Å². The van der Waals surface area contributed by atoms with Crippen LogP contribution >= 0.6 is 0 Å². The van der Waals surface area contributed by atoms with E-state index < -0.39 is 24.1 Å². The van der Waals surface area contributed by atoms with Crippen LogP contribution in [0, 0.1) is 0 Å². The van der Waals surface area contributed by atoms with Gasteiger partial charge in [-0.1, -0.05) is 6.07 Å². The lowest BCUT2D eigenvalue weighted by Crippen LogP contribution is -2.42. The number of hydrogen-bond donors (Lipinski definition) is 5. The molecule has 0 aromatic heterocycles. The summed E-state index contributed by atoms with van der Waals surface area (Å²) < 4.78 is 5.24. The van der Waals surface area contributed by atoms with Gasteiger partial charge in [0.25, 0.3) is 0 Å². The number of carbonyl (C=O) groups is 2. The fourth-order valence-electron chi connectivity index (χ4n) is 2.38. The maximum atomic E-state index is 12.0. The largest absolute Gasteiger partial charge is 0.508 e. The molecular formula is C19H21NO7. The predicted molar refractivity (Wildman–Crippen MR) is 95.9 cm³/mol. The third-order valence-electron chi connectivity index (χ3n) is 3.84. The van der Waals surface area contributed by atoms with Crippen LogP contribution in [0.4, 0.5) is 0 Å². The summed E-state index contributed by atoms with van der Waals surface area (Å²) in [6.07, 6.45) is -0.525. The second-order valence-electron chi connectivity index (χ2n) is 6.09. The van der Waals surface area contributed by atoms with E-state index >= 15 is 0 Å². The van der Waals surface area contributed by atoms with Gasteiger partial charge in [0, 0.05) is 6.54 Å². The monoisotopic (exact) mass is 375 g/mol. The van der Waals surface area contributed by atoms with Crippen molar-refractivity contribution < 1.29 is 34.8 Å². The number of hydrogen-bond acceptors (Lipinski definition) is 7. The second kappa shape index (κ2) is 8.91. The molecule has 2 aromatic rings. The third kappa shape index (κ3) is 5.89. The normalized spacial score (nSPS) is 12.9. The van der Waals surface area contributed by atoms with Gasteiger partial charge in [0.05, 0.1) is 5.56 Å². The zero-order valence-corrected chi connectivity index (χ0v) is 14.6. The summed E-state index contributed by atoms with van der Waals surface area (Å²) in [6, 6.07) is 8.71. The lowest BCUT2D eigenvalue weighted by Gasteiger charge is -2.19. The Balaban J connectivity index is 1.90. The summed E-state index contributed by atoms with van der Waals surface area (Å²) in [5, 5.41) is 40.2. The zero-order chi connectivity index (χ0) is 20.0. The van der Waals surface area contributed by atoms with Crippen LogP contribution < -0.4 is 5.32 Å². The summed E-state index contributed by atoms with van der Waals surface area (Å²) >= 11 is 0. The third-order valence-corrected chi connectivity index (χ3v) is 3.84. The summed E-state index contributed by atoms with van der Waals surface area (Å²) in [6.45, 7) is 1.72. The predicted octanol–water partition coefficient (Wildman–Crippen LogP) is 1.63. The molecule has 8 heteroatoms. The molecule has 0 saturated heterocycles. The maximum Gasteiger partial charge on any atom is 0.338 e. The number of phenols is 3. The minimum atomic E-state index is -1.10. The summed E-state index contributed by atoms with van der Waals surface area (Å²) in [5.74, 6) is -2.26. The maximum absolute atomic E-state index is 12.0.